The first-order chi connectivity index (χ1) is 10.8. The van der Waals surface area contributed by atoms with E-state index in [1.165, 1.54) is 0 Å². The lowest BCUT2D eigenvalue weighted by Crippen LogP contribution is -2.19. The minimum absolute atomic E-state index is 0.216. The monoisotopic (exact) mass is 300 g/mol. The van der Waals surface area contributed by atoms with Gasteiger partial charge in [-0.25, -0.2) is 0 Å². The van der Waals surface area contributed by atoms with E-state index in [0.29, 0.717) is 31.3 Å². The van der Waals surface area contributed by atoms with E-state index in [1.807, 2.05) is 24.4 Å². The summed E-state index contributed by atoms with van der Waals surface area (Å²) in [5, 5.41) is 3.48. The van der Waals surface area contributed by atoms with Crippen molar-refractivity contribution in [2.45, 2.75) is 19.5 Å². The van der Waals surface area contributed by atoms with E-state index in [-0.39, 0.29) is 6.04 Å². The van der Waals surface area contributed by atoms with Gasteiger partial charge in [0.05, 0.1) is 7.11 Å². The SMILES string of the molecule is COc1cc(CN[C@@H](C)c2cccnc2)cc2c1OCCO2. The average molecular weight is 300 g/mol. The fraction of sp³-hybridized carbons (Fsp3) is 0.353. The van der Waals surface area contributed by atoms with Crippen molar-refractivity contribution in [2.75, 3.05) is 20.3 Å². The number of benzene rings is 1. The Bertz CT molecular complexity index is 614. The second kappa shape index (κ2) is 6.66. The predicted octanol–water partition coefficient (Wildman–Crippen LogP) is 2.71. The standard InChI is InChI=1S/C17H20N2O3/c1-12(14-4-3-5-18-11-14)19-10-13-8-15(20-2)17-16(9-13)21-6-7-22-17/h3-5,8-9,11-12,19H,6-7,10H2,1-2H3/t12-/m0/s1. The normalized spacial score (nSPS) is 14.5. The lowest BCUT2D eigenvalue weighted by atomic mass is 10.1. The third kappa shape index (κ3) is 3.14. The Kier molecular flexibility index (Phi) is 4.44. The van der Waals surface area contributed by atoms with Gasteiger partial charge in [-0.3, -0.25) is 4.98 Å². The summed E-state index contributed by atoms with van der Waals surface area (Å²) < 4.78 is 16.7. The van der Waals surface area contributed by atoms with Gasteiger partial charge in [0, 0.05) is 25.0 Å². The van der Waals surface area contributed by atoms with Crippen LogP contribution in [-0.2, 0) is 6.54 Å². The molecule has 0 unspecified atom stereocenters. The highest BCUT2D eigenvalue weighted by Crippen LogP contribution is 2.40. The second-order valence-corrected chi connectivity index (χ2v) is 5.21. The van der Waals surface area contributed by atoms with Crippen LogP contribution in [0.2, 0.25) is 0 Å². The number of hydrogen-bond acceptors (Lipinski definition) is 5. The zero-order valence-corrected chi connectivity index (χ0v) is 12.8. The summed E-state index contributed by atoms with van der Waals surface area (Å²) in [6.45, 7) is 3.95. The van der Waals surface area contributed by atoms with Gasteiger partial charge in [0.25, 0.3) is 0 Å². The molecule has 1 aliphatic heterocycles. The van der Waals surface area contributed by atoms with E-state index in [0.717, 1.165) is 16.9 Å². The molecule has 0 radical (unpaired) electrons. The van der Waals surface area contributed by atoms with Gasteiger partial charge in [0.1, 0.15) is 13.2 Å². The van der Waals surface area contributed by atoms with Gasteiger partial charge >= 0.3 is 0 Å². The first-order valence-electron chi connectivity index (χ1n) is 7.37. The van der Waals surface area contributed by atoms with Crippen molar-refractivity contribution in [1.29, 1.82) is 0 Å². The molecule has 1 aliphatic rings. The summed E-state index contributed by atoms with van der Waals surface area (Å²) in [5.74, 6) is 2.15. The molecule has 116 valence electrons. The number of ether oxygens (including phenoxy) is 3. The van der Waals surface area contributed by atoms with Gasteiger partial charge in [0.2, 0.25) is 5.75 Å². The van der Waals surface area contributed by atoms with E-state index >= 15 is 0 Å². The molecular weight excluding hydrogens is 280 g/mol. The van der Waals surface area contributed by atoms with Crippen molar-refractivity contribution in [2.24, 2.45) is 0 Å². The van der Waals surface area contributed by atoms with Crippen molar-refractivity contribution < 1.29 is 14.2 Å². The van der Waals surface area contributed by atoms with Crippen molar-refractivity contribution in [3.63, 3.8) is 0 Å². The molecule has 1 aromatic heterocycles. The molecule has 0 spiro atoms. The number of aromatic nitrogens is 1. The molecule has 0 saturated carbocycles. The maximum atomic E-state index is 5.66. The number of nitrogens with one attached hydrogen (secondary N) is 1. The third-order valence-corrected chi connectivity index (χ3v) is 3.68. The molecule has 1 N–H and O–H groups in total. The molecule has 5 nitrogen and oxygen atoms in total. The van der Waals surface area contributed by atoms with Crippen LogP contribution in [0, 0.1) is 0 Å². The van der Waals surface area contributed by atoms with E-state index in [4.69, 9.17) is 14.2 Å². The number of rotatable bonds is 5. The fourth-order valence-corrected chi connectivity index (χ4v) is 2.45. The summed E-state index contributed by atoms with van der Waals surface area (Å²) in [5.41, 5.74) is 2.25. The number of methoxy groups -OCH3 is 1. The maximum absolute atomic E-state index is 5.66. The minimum Gasteiger partial charge on any atom is -0.493 e. The van der Waals surface area contributed by atoms with Gasteiger partial charge in [0.15, 0.2) is 11.5 Å². The topological polar surface area (TPSA) is 52.6 Å². The molecule has 0 bridgehead atoms. The Morgan fingerprint density at radius 2 is 2.18 bits per heavy atom. The maximum Gasteiger partial charge on any atom is 0.203 e. The Morgan fingerprint density at radius 3 is 2.95 bits per heavy atom. The quantitative estimate of drug-likeness (QED) is 0.920. The van der Waals surface area contributed by atoms with Crippen LogP contribution in [0.25, 0.3) is 0 Å². The number of fused-ring (bicyclic) bond motifs is 1. The highest BCUT2D eigenvalue weighted by Gasteiger charge is 2.18. The molecule has 3 rings (SSSR count). The second-order valence-electron chi connectivity index (χ2n) is 5.21. The summed E-state index contributed by atoms with van der Waals surface area (Å²) in [6.07, 6.45) is 3.66. The van der Waals surface area contributed by atoms with Crippen molar-refractivity contribution in [3.05, 3.63) is 47.8 Å². The highest BCUT2D eigenvalue weighted by molar-refractivity contribution is 5.54. The molecule has 22 heavy (non-hydrogen) atoms. The molecule has 5 heteroatoms. The van der Waals surface area contributed by atoms with Gasteiger partial charge in [-0.2, -0.15) is 0 Å². The predicted molar refractivity (Wildman–Crippen MR) is 83.5 cm³/mol. The molecule has 0 aliphatic carbocycles. The lowest BCUT2D eigenvalue weighted by Gasteiger charge is -2.22. The van der Waals surface area contributed by atoms with Crippen LogP contribution in [0.3, 0.4) is 0 Å². The highest BCUT2D eigenvalue weighted by atomic mass is 16.6. The van der Waals surface area contributed by atoms with Gasteiger partial charge < -0.3 is 19.5 Å². The summed E-state index contributed by atoms with van der Waals surface area (Å²) in [7, 11) is 1.64. The largest absolute Gasteiger partial charge is 0.493 e. The minimum atomic E-state index is 0.216. The molecule has 0 amide bonds. The van der Waals surface area contributed by atoms with E-state index in [1.54, 1.807) is 13.3 Å². The third-order valence-electron chi connectivity index (χ3n) is 3.68. The van der Waals surface area contributed by atoms with Gasteiger partial charge in [-0.15, -0.1) is 0 Å². The zero-order chi connectivity index (χ0) is 15.4. The summed E-state index contributed by atoms with van der Waals surface area (Å²) >= 11 is 0. The fourth-order valence-electron chi connectivity index (χ4n) is 2.45. The first-order valence-corrected chi connectivity index (χ1v) is 7.37. The average Bonchev–Trinajstić information content (AvgIpc) is 2.59. The van der Waals surface area contributed by atoms with Crippen LogP contribution in [0.5, 0.6) is 17.2 Å². The van der Waals surface area contributed by atoms with Crippen LogP contribution >= 0.6 is 0 Å². The molecule has 0 saturated heterocycles. The van der Waals surface area contributed by atoms with Crippen LogP contribution < -0.4 is 19.5 Å². The van der Waals surface area contributed by atoms with Gasteiger partial charge in [-0.05, 0) is 36.2 Å². The Balaban J connectivity index is 1.73. The molecule has 1 atom stereocenters. The smallest absolute Gasteiger partial charge is 0.203 e. The van der Waals surface area contributed by atoms with Crippen molar-refractivity contribution >= 4 is 0 Å². The van der Waals surface area contributed by atoms with E-state index in [9.17, 15) is 0 Å². The number of nitrogens with zero attached hydrogens (tertiary/aromatic N) is 1. The van der Waals surface area contributed by atoms with E-state index < -0.39 is 0 Å². The Labute approximate surface area is 130 Å². The molecule has 1 aromatic carbocycles. The first kappa shape index (κ1) is 14.7. The van der Waals surface area contributed by atoms with Crippen LogP contribution in [-0.4, -0.2) is 25.3 Å². The lowest BCUT2D eigenvalue weighted by molar-refractivity contribution is 0.165. The molecule has 2 aromatic rings. The molecular formula is C17H20N2O3. The van der Waals surface area contributed by atoms with Crippen LogP contribution in [0.1, 0.15) is 24.1 Å². The van der Waals surface area contributed by atoms with Crippen molar-refractivity contribution in [1.82, 2.24) is 10.3 Å². The summed E-state index contributed by atoms with van der Waals surface area (Å²) in [4.78, 5) is 4.15. The Morgan fingerprint density at radius 1 is 1.32 bits per heavy atom. The molecule has 2 heterocycles. The zero-order valence-electron chi connectivity index (χ0n) is 12.8. The Hall–Kier alpha value is -2.27. The number of hydrogen-bond donors (Lipinski definition) is 1. The summed E-state index contributed by atoms with van der Waals surface area (Å²) in [6, 6.07) is 8.21. The van der Waals surface area contributed by atoms with Crippen molar-refractivity contribution in [3.8, 4) is 17.2 Å². The van der Waals surface area contributed by atoms with Gasteiger partial charge in [-0.1, -0.05) is 6.07 Å². The molecule has 0 fully saturated rings. The van der Waals surface area contributed by atoms with E-state index in [2.05, 4.69) is 23.3 Å². The van der Waals surface area contributed by atoms with Crippen LogP contribution in [0.15, 0.2) is 36.7 Å². The number of pyridine rings is 1. The van der Waals surface area contributed by atoms with Crippen LogP contribution in [0.4, 0.5) is 0 Å².